The summed E-state index contributed by atoms with van der Waals surface area (Å²) >= 11 is 0. The van der Waals surface area contributed by atoms with Gasteiger partial charge in [-0.1, -0.05) is 30.3 Å². The summed E-state index contributed by atoms with van der Waals surface area (Å²) in [6.45, 7) is 5.38. The van der Waals surface area contributed by atoms with E-state index in [2.05, 4.69) is 67.6 Å². The molecule has 5 aromatic rings. The summed E-state index contributed by atoms with van der Waals surface area (Å²) in [6.07, 6.45) is 9.43. The summed E-state index contributed by atoms with van der Waals surface area (Å²) < 4.78 is 7.37. The Labute approximate surface area is 266 Å². The number of aryl methyl sites for hydroxylation is 1. The maximum absolute atomic E-state index is 13.2. The van der Waals surface area contributed by atoms with Gasteiger partial charge in [-0.2, -0.15) is 0 Å². The van der Waals surface area contributed by atoms with Gasteiger partial charge in [0.1, 0.15) is 5.69 Å². The zero-order valence-corrected chi connectivity index (χ0v) is 25.6. The van der Waals surface area contributed by atoms with Crippen LogP contribution in [0.5, 0.6) is 0 Å². The van der Waals surface area contributed by atoms with Crippen LogP contribution in [0.3, 0.4) is 0 Å². The number of fused-ring (bicyclic) bond motifs is 2. The molecule has 5 heterocycles. The molecule has 7 rings (SSSR count). The molecule has 0 atom stereocenters. The summed E-state index contributed by atoms with van der Waals surface area (Å²) in [7, 11) is 0. The van der Waals surface area contributed by atoms with E-state index >= 15 is 0 Å². The topological polar surface area (TPSA) is 144 Å². The zero-order chi connectivity index (χ0) is 31.6. The third-order valence-corrected chi connectivity index (χ3v) is 8.50. The fourth-order valence-corrected chi connectivity index (χ4v) is 6.07. The van der Waals surface area contributed by atoms with Crippen molar-refractivity contribution in [2.45, 2.75) is 26.2 Å². The summed E-state index contributed by atoms with van der Waals surface area (Å²) in [4.78, 5) is 47.0. The molecule has 2 aliphatic rings. The van der Waals surface area contributed by atoms with Crippen LogP contribution < -0.4 is 20.9 Å². The van der Waals surface area contributed by atoms with E-state index in [1.54, 1.807) is 25.5 Å². The van der Waals surface area contributed by atoms with Gasteiger partial charge in [-0.15, -0.1) is 0 Å². The summed E-state index contributed by atoms with van der Waals surface area (Å²) in [6, 6.07) is 14.7. The number of nitrogens with one attached hydrogen (secondary N) is 1. The number of rotatable bonds is 7. The van der Waals surface area contributed by atoms with Crippen LogP contribution in [0.1, 0.15) is 35.0 Å². The quantitative estimate of drug-likeness (QED) is 0.280. The van der Waals surface area contributed by atoms with Gasteiger partial charge in [-0.3, -0.25) is 9.59 Å². The first-order chi connectivity index (χ1) is 22.4. The second-order valence-corrected chi connectivity index (χ2v) is 11.6. The molecular formula is C34H35N9O3. The number of benzene rings is 2. The average molecular weight is 618 g/mol. The van der Waals surface area contributed by atoms with E-state index in [-0.39, 0.29) is 17.8 Å². The first kappa shape index (κ1) is 29.4. The van der Waals surface area contributed by atoms with E-state index in [1.807, 2.05) is 15.5 Å². The Balaban J connectivity index is 1.04. The zero-order valence-electron chi connectivity index (χ0n) is 25.6. The molecule has 0 radical (unpaired) electrons. The van der Waals surface area contributed by atoms with Crippen molar-refractivity contribution >= 4 is 34.9 Å². The molecule has 0 aliphatic carbocycles. The third kappa shape index (κ3) is 5.98. The lowest BCUT2D eigenvalue weighted by atomic mass is 9.95. The van der Waals surface area contributed by atoms with Gasteiger partial charge in [0, 0.05) is 69.1 Å². The number of amides is 2. The largest absolute Gasteiger partial charge is 0.378 e. The Kier molecular flexibility index (Phi) is 8.02. The molecule has 12 nitrogen and oxygen atoms in total. The molecule has 46 heavy (non-hydrogen) atoms. The normalized spacial score (nSPS) is 14.7. The van der Waals surface area contributed by atoms with Crippen molar-refractivity contribution in [2.24, 2.45) is 0 Å². The molecule has 12 heteroatoms. The Morgan fingerprint density at radius 1 is 0.935 bits per heavy atom. The minimum atomic E-state index is -0.251. The molecule has 2 aliphatic heterocycles. The lowest BCUT2D eigenvalue weighted by Gasteiger charge is -2.29. The standard InChI is InChI=1S/C34H35N9O3/c1-22(44)43-12-2-3-26-17-25(8-9-30(26)43)24-6-4-23(5-7-24)10-11-36-33(45)29-21-42-20-28(27-18-37-34(35)38-19-27)39-31(32(42)40-29)41-13-15-46-16-14-41/h4-9,17-21H,2-3,10-16H2,1H3,(H,36,45)(H2,35,37,38). The Bertz CT molecular complexity index is 1900. The van der Waals surface area contributed by atoms with Gasteiger partial charge in [-0.05, 0) is 53.6 Å². The van der Waals surface area contributed by atoms with Crippen molar-refractivity contribution in [1.82, 2.24) is 29.7 Å². The summed E-state index contributed by atoms with van der Waals surface area (Å²) in [5.74, 6) is 0.694. The number of carbonyl (C=O) groups is 2. The van der Waals surface area contributed by atoms with Crippen LogP contribution in [-0.2, 0) is 22.4 Å². The molecule has 1 fully saturated rings. The van der Waals surface area contributed by atoms with Crippen LogP contribution in [0.2, 0.25) is 0 Å². The van der Waals surface area contributed by atoms with E-state index in [9.17, 15) is 9.59 Å². The van der Waals surface area contributed by atoms with Gasteiger partial charge < -0.3 is 30.0 Å². The van der Waals surface area contributed by atoms with Gasteiger partial charge in [0.15, 0.2) is 11.5 Å². The van der Waals surface area contributed by atoms with Crippen molar-refractivity contribution in [3.63, 3.8) is 0 Å². The van der Waals surface area contributed by atoms with Crippen molar-refractivity contribution in [2.75, 3.05) is 54.9 Å². The Morgan fingerprint density at radius 3 is 2.46 bits per heavy atom. The van der Waals surface area contributed by atoms with Gasteiger partial charge in [-0.25, -0.2) is 19.9 Å². The number of nitrogens with two attached hydrogens (primary N) is 1. The van der Waals surface area contributed by atoms with Crippen LogP contribution in [0.4, 0.5) is 17.5 Å². The molecule has 0 saturated carbocycles. The van der Waals surface area contributed by atoms with E-state index in [0.29, 0.717) is 67.7 Å². The van der Waals surface area contributed by atoms with Gasteiger partial charge in [0.25, 0.3) is 5.91 Å². The van der Waals surface area contributed by atoms with Crippen LogP contribution in [0.15, 0.2) is 67.3 Å². The molecule has 234 valence electrons. The predicted molar refractivity (Wildman–Crippen MR) is 176 cm³/mol. The number of nitrogens with zero attached hydrogens (tertiary/aromatic N) is 7. The number of imidazole rings is 1. The van der Waals surface area contributed by atoms with E-state index < -0.39 is 0 Å². The minimum Gasteiger partial charge on any atom is -0.378 e. The highest BCUT2D eigenvalue weighted by atomic mass is 16.5. The molecule has 3 N–H and O–H groups in total. The molecule has 1 saturated heterocycles. The lowest BCUT2D eigenvalue weighted by molar-refractivity contribution is -0.116. The fourth-order valence-electron chi connectivity index (χ4n) is 6.07. The van der Waals surface area contributed by atoms with Crippen molar-refractivity contribution in [1.29, 1.82) is 0 Å². The number of ether oxygens (including phenoxy) is 1. The number of aromatic nitrogens is 5. The molecule has 0 spiro atoms. The number of nitrogen functional groups attached to an aromatic ring is 1. The molecule has 0 unspecified atom stereocenters. The monoisotopic (exact) mass is 617 g/mol. The molecule has 0 bridgehead atoms. The summed E-state index contributed by atoms with van der Waals surface area (Å²) in [5, 5.41) is 3.02. The molecule has 3 aromatic heterocycles. The summed E-state index contributed by atoms with van der Waals surface area (Å²) in [5.41, 5.74) is 13.6. The first-order valence-corrected chi connectivity index (χ1v) is 15.5. The van der Waals surface area contributed by atoms with Crippen molar-refractivity contribution in [3.8, 4) is 22.4 Å². The highest BCUT2D eigenvalue weighted by Gasteiger charge is 2.22. The smallest absolute Gasteiger partial charge is 0.271 e. The van der Waals surface area contributed by atoms with Gasteiger partial charge in [0.2, 0.25) is 11.9 Å². The van der Waals surface area contributed by atoms with E-state index in [0.717, 1.165) is 41.8 Å². The van der Waals surface area contributed by atoms with Gasteiger partial charge in [0.05, 0.1) is 18.9 Å². The highest BCUT2D eigenvalue weighted by molar-refractivity contribution is 5.94. The van der Waals surface area contributed by atoms with Crippen LogP contribution in [-0.4, -0.2) is 75.5 Å². The first-order valence-electron chi connectivity index (χ1n) is 15.5. The number of hydrogen-bond donors (Lipinski definition) is 2. The number of morpholine rings is 1. The molecule has 2 aromatic carbocycles. The maximum Gasteiger partial charge on any atom is 0.271 e. The Hall–Kier alpha value is -5.36. The van der Waals surface area contributed by atoms with Gasteiger partial charge >= 0.3 is 0 Å². The third-order valence-electron chi connectivity index (χ3n) is 8.50. The minimum absolute atomic E-state index is 0.0834. The fraction of sp³-hybridized carbons (Fsp3) is 0.294. The predicted octanol–water partition coefficient (Wildman–Crippen LogP) is 3.54. The van der Waals surface area contributed by atoms with E-state index in [1.165, 1.54) is 5.56 Å². The Morgan fingerprint density at radius 2 is 1.70 bits per heavy atom. The van der Waals surface area contributed by atoms with Crippen molar-refractivity contribution < 1.29 is 14.3 Å². The number of hydrogen-bond acceptors (Lipinski definition) is 9. The molecule has 2 amide bonds. The van der Waals surface area contributed by atoms with Crippen molar-refractivity contribution in [3.05, 3.63) is 84.1 Å². The average Bonchev–Trinajstić information content (AvgIpc) is 3.53. The highest BCUT2D eigenvalue weighted by Crippen LogP contribution is 2.32. The second-order valence-electron chi connectivity index (χ2n) is 11.6. The maximum atomic E-state index is 13.2. The number of carbonyl (C=O) groups excluding carboxylic acids is 2. The van der Waals surface area contributed by atoms with Crippen LogP contribution in [0, 0.1) is 0 Å². The SMILES string of the molecule is CC(=O)N1CCCc2cc(-c3ccc(CCNC(=O)c4cn5cc(-c6cnc(N)nc6)nc(N6CCOCC6)c5n4)cc3)ccc21. The van der Waals surface area contributed by atoms with E-state index in [4.69, 9.17) is 15.5 Å². The second kappa shape index (κ2) is 12.6. The van der Waals surface area contributed by atoms with Crippen LogP contribution in [0.25, 0.3) is 28.0 Å². The molecular weight excluding hydrogens is 582 g/mol. The lowest BCUT2D eigenvalue weighted by Crippen LogP contribution is -2.37. The number of anilines is 3. The van der Waals surface area contributed by atoms with Crippen LogP contribution >= 0.6 is 0 Å².